The number of amides is 1. The molecule has 160 valence electrons. The van der Waals surface area contributed by atoms with Gasteiger partial charge in [0.1, 0.15) is 23.4 Å². The summed E-state index contributed by atoms with van der Waals surface area (Å²) >= 11 is 0. The third-order valence-electron chi connectivity index (χ3n) is 6.35. The molecule has 3 heterocycles. The number of hydrogen-bond donors (Lipinski definition) is 1. The lowest BCUT2D eigenvalue weighted by atomic mass is 10.1. The zero-order valence-corrected chi connectivity index (χ0v) is 17.8. The fourth-order valence-electron chi connectivity index (χ4n) is 4.20. The number of benzene rings is 1. The van der Waals surface area contributed by atoms with Crippen LogP contribution in [0, 0.1) is 12.7 Å². The first kappa shape index (κ1) is 19.7. The van der Waals surface area contributed by atoms with Crippen LogP contribution < -0.4 is 10.2 Å². The predicted octanol–water partition coefficient (Wildman–Crippen LogP) is 3.41. The quantitative estimate of drug-likeness (QED) is 0.685. The van der Waals surface area contributed by atoms with E-state index >= 15 is 0 Å². The van der Waals surface area contributed by atoms with Gasteiger partial charge in [-0.05, 0) is 49.9 Å². The number of rotatable bonds is 5. The normalized spacial score (nSPS) is 22.3. The van der Waals surface area contributed by atoms with Crippen LogP contribution in [0.4, 0.5) is 15.9 Å². The van der Waals surface area contributed by atoms with E-state index in [1.54, 1.807) is 0 Å². The van der Waals surface area contributed by atoms with Crippen LogP contribution in [0.1, 0.15) is 47.9 Å². The lowest BCUT2D eigenvalue weighted by Crippen LogP contribution is -2.45. The van der Waals surface area contributed by atoms with Gasteiger partial charge in [0.25, 0.3) is 0 Å². The molecule has 0 spiro atoms. The van der Waals surface area contributed by atoms with E-state index in [1.807, 2.05) is 48.8 Å². The lowest BCUT2D eigenvalue weighted by molar-refractivity contribution is -0.117. The van der Waals surface area contributed by atoms with E-state index in [-0.39, 0.29) is 17.8 Å². The van der Waals surface area contributed by atoms with Gasteiger partial charge in [-0.15, -0.1) is 0 Å². The smallest absolute Gasteiger partial charge is 0.246 e. The standard InChI is InChI=1S/C23H25FN6O/c1-13-21-22(29(3)14(2)23(31)28-21)27-20(26-13)9-4-15-11-25-30(12-15)19-10-18(19)16-5-7-17(24)8-6-16/h5-8,11-12,14,18-19H,4,9-10H2,1-3H3,(H,28,31)/t14-,18+,19+/m0/s1. The molecule has 8 heteroatoms. The average Bonchev–Trinajstić information content (AvgIpc) is 3.41. The van der Waals surface area contributed by atoms with Gasteiger partial charge in [-0.25, -0.2) is 14.4 Å². The molecule has 1 N–H and O–H groups in total. The van der Waals surface area contributed by atoms with E-state index in [1.165, 1.54) is 12.1 Å². The van der Waals surface area contributed by atoms with E-state index in [9.17, 15) is 9.18 Å². The Labute approximate surface area is 180 Å². The highest BCUT2D eigenvalue weighted by Crippen LogP contribution is 2.51. The minimum atomic E-state index is -0.263. The number of likely N-dealkylation sites (N-methyl/N-ethyl adjacent to an activating group) is 1. The molecule has 0 bridgehead atoms. The summed E-state index contributed by atoms with van der Waals surface area (Å²) in [6, 6.07) is 6.83. The van der Waals surface area contributed by atoms with Crippen molar-refractivity contribution >= 4 is 17.4 Å². The second-order valence-electron chi connectivity index (χ2n) is 8.49. The Balaban J connectivity index is 1.26. The van der Waals surface area contributed by atoms with Gasteiger partial charge in [0.2, 0.25) is 5.91 Å². The Kier molecular flexibility index (Phi) is 4.72. The van der Waals surface area contributed by atoms with Crippen molar-refractivity contribution in [3.63, 3.8) is 0 Å². The SMILES string of the molecule is Cc1nc(CCc2cnn([C@@H]3C[C@@H]3c3ccc(F)cc3)c2)nc2c1NC(=O)[C@H](C)N2C. The minimum Gasteiger partial charge on any atom is -0.346 e. The fraction of sp³-hybridized carbons (Fsp3) is 0.391. The molecule has 1 aliphatic heterocycles. The molecule has 1 saturated carbocycles. The molecule has 2 aliphatic rings. The number of hydrogen-bond acceptors (Lipinski definition) is 5. The van der Waals surface area contributed by atoms with Gasteiger partial charge in [0, 0.05) is 25.6 Å². The first-order valence-electron chi connectivity index (χ1n) is 10.6. The van der Waals surface area contributed by atoms with Gasteiger partial charge in [0.05, 0.1) is 17.9 Å². The van der Waals surface area contributed by atoms with Gasteiger partial charge >= 0.3 is 0 Å². The number of nitrogens with zero attached hydrogens (tertiary/aromatic N) is 5. The van der Waals surface area contributed by atoms with Crippen LogP contribution in [0.25, 0.3) is 0 Å². The van der Waals surface area contributed by atoms with E-state index < -0.39 is 0 Å². The first-order valence-corrected chi connectivity index (χ1v) is 10.6. The van der Waals surface area contributed by atoms with Gasteiger partial charge in [-0.3, -0.25) is 9.48 Å². The molecular formula is C23H25FN6O. The molecular weight excluding hydrogens is 395 g/mol. The Morgan fingerprint density at radius 2 is 1.97 bits per heavy atom. The summed E-state index contributed by atoms with van der Waals surface area (Å²) in [6.07, 6.45) is 6.50. The van der Waals surface area contributed by atoms with E-state index in [2.05, 4.69) is 21.6 Å². The predicted molar refractivity (Wildman–Crippen MR) is 116 cm³/mol. The van der Waals surface area contributed by atoms with E-state index in [4.69, 9.17) is 4.98 Å². The fourth-order valence-corrected chi connectivity index (χ4v) is 4.20. The summed E-state index contributed by atoms with van der Waals surface area (Å²) in [6.45, 7) is 3.76. The summed E-state index contributed by atoms with van der Waals surface area (Å²) < 4.78 is 15.2. The molecule has 2 aromatic heterocycles. The molecule has 1 fully saturated rings. The van der Waals surface area contributed by atoms with Crippen LogP contribution in [0.15, 0.2) is 36.7 Å². The molecule has 0 radical (unpaired) electrons. The summed E-state index contributed by atoms with van der Waals surface area (Å²) in [7, 11) is 1.88. The molecule has 1 aliphatic carbocycles. The monoisotopic (exact) mass is 420 g/mol. The largest absolute Gasteiger partial charge is 0.346 e. The van der Waals surface area contributed by atoms with Crippen molar-refractivity contribution in [3.05, 3.63) is 65.1 Å². The van der Waals surface area contributed by atoms with Crippen molar-refractivity contribution in [1.29, 1.82) is 0 Å². The van der Waals surface area contributed by atoms with Crippen LogP contribution in [0.3, 0.4) is 0 Å². The Bertz CT molecular complexity index is 1140. The summed E-state index contributed by atoms with van der Waals surface area (Å²) in [5.74, 6) is 1.68. The second kappa shape index (κ2) is 7.44. The van der Waals surface area contributed by atoms with Crippen molar-refractivity contribution in [2.45, 2.75) is 51.1 Å². The maximum absolute atomic E-state index is 13.1. The van der Waals surface area contributed by atoms with Crippen LogP contribution in [-0.4, -0.2) is 38.7 Å². The van der Waals surface area contributed by atoms with Gasteiger partial charge < -0.3 is 10.2 Å². The minimum absolute atomic E-state index is 0.0409. The van der Waals surface area contributed by atoms with Crippen LogP contribution >= 0.6 is 0 Å². The maximum Gasteiger partial charge on any atom is 0.246 e. The van der Waals surface area contributed by atoms with Crippen LogP contribution in [0.5, 0.6) is 0 Å². The molecule has 7 nitrogen and oxygen atoms in total. The molecule has 1 aromatic carbocycles. The summed E-state index contributed by atoms with van der Waals surface area (Å²) in [4.78, 5) is 23.3. The van der Waals surface area contributed by atoms with Crippen LogP contribution in [0.2, 0.25) is 0 Å². The molecule has 5 rings (SSSR count). The average molecular weight is 420 g/mol. The number of anilines is 2. The van der Waals surface area contributed by atoms with E-state index in [0.717, 1.165) is 41.3 Å². The molecule has 0 unspecified atom stereocenters. The molecule has 1 amide bonds. The molecule has 3 atom stereocenters. The van der Waals surface area contributed by atoms with Gasteiger partial charge in [-0.1, -0.05) is 12.1 Å². The van der Waals surface area contributed by atoms with Crippen molar-refractivity contribution in [1.82, 2.24) is 19.7 Å². The number of aryl methyl sites for hydroxylation is 3. The topological polar surface area (TPSA) is 75.9 Å². The maximum atomic E-state index is 13.1. The molecule has 3 aromatic rings. The number of carbonyl (C=O) groups excluding carboxylic acids is 1. The zero-order valence-electron chi connectivity index (χ0n) is 17.8. The number of halogens is 1. The number of fused-ring (bicyclic) bond motifs is 1. The van der Waals surface area contributed by atoms with Gasteiger partial charge in [0.15, 0.2) is 5.82 Å². The van der Waals surface area contributed by atoms with Gasteiger partial charge in [-0.2, -0.15) is 5.10 Å². The third-order valence-corrected chi connectivity index (χ3v) is 6.35. The Morgan fingerprint density at radius 3 is 2.74 bits per heavy atom. The molecule has 0 saturated heterocycles. The van der Waals surface area contributed by atoms with Crippen molar-refractivity contribution in [2.24, 2.45) is 0 Å². The lowest BCUT2D eigenvalue weighted by Gasteiger charge is -2.32. The summed E-state index contributed by atoms with van der Waals surface area (Å²) in [5, 5.41) is 7.46. The highest BCUT2D eigenvalue weighted by molar-refractivity contribution is 6.02. The summed E-state index contributed by atoms with van der Waals surface area (Å²) in [5.41, 5.74) is 3.77. The molecule has 31 heavy (non-hydrogen) atoms. The van der Waals surface area contributed by atoms with Crippen LogP contribution in [-0.2, 0) is 17.6 Å². The Hall–Kier alpha value is -3.29. The second-order valence-corrected chi connectivity index (χ2v) is 8.49. The zero-order chi connectivity index (χ0) is 21.7. The Morgan fingerprint density at radius 1 is 1.19 bits per heavy atom. The number of nitrogens with one attached hydrogen (secondary N) is 1. The highest BCUT2D eigenvalue weighted by Gasteiger charge is 2.40. The van der Waals surface area contributed by atoms with Crippen molar-refractivity contribution in [2.75, 3.05) is 17.3 Å². The van der Waals surface area contributed by atoms with Crippen molar-refractivity contribution < 1.29 is 9.18 Å². The first-order chi connectivity index (χ1) is 14.9. The third kappa shape index (κ3) is 3.66. The van der Waals surface area contributed by atoms with E-state index in [0.29, 0.717) is 24.1 Å². The highest BCUT2D eigenvalue weighted by atomic mass is 19.1. The number of aromatic nitrogens is 4. The van der Waals surface area contributed by atoms with Crippen molar-refractivity contribution in [3.8, 4) is 0 Å². The number of carbonyl (C=O) groups is 1.